The summed E-state index contributed by atoms with van der Waals surface area (Å²) >= 11 is 0. The Hall–Kier alpha value is -4.94. The summed E-state index contributed by atoms with van der Waals surface area (Å²) in [6, 6.07) is 15.7. The molecule has 1 heterocycles. The van der Waals surface area contributed by atoms with Crippen molar-refractivity contribution < 1.29 is 31.2 Å². The Bertz CT molecular complexity index is 1800. The molecule has 0 saturated carbocycles. The smallest absolute Gasteiger partial charge is 0.294 e. The van der Waals surface area contributed by atoms with E-state index in [9.17, 15) is 41.7 Å². The van der Waals surface area contributed by atoms with Gasteiger partial charge in [0.25, 0.3) is 10.0 Å². The summed E-state index contributed by atoms with van der Waals surface area (Å²) < 4.78 is 69.8. The molecule has 1 unspecified atom stereocenters. The Balaban J connectivity index is 1.83. The minimum atomic E-state index is -4.87. The zero-order valence-corrected chi connectivity index (χ0v) is 21.9. The summed E-state index contributed by atoms with van der Waals surface area (Å²) in [5, 5.41) is 18.9. The molecule has 0 fully saturated rings. The first-order valence-corrected chi connectivity index (χ1v) is 13.7. The van der Waals surface area contributed by atoms with Gasteiger partial charge in [-0.2, -0.15) is 23.7 Å². The van der Waals surface area contributed by atoms with Gasteiger partial charge in [0.1, 0.15) is 17.0 Å². The van der Waals surface area contributed by atoms with Crippen molar-refractivity contribution in [3.05, 3.63) is 106 Å². The van der Waals surface area contributed by atoms with Gasteiger partial charge < -0.3 is 0 Å². The number of sulfonamides is 1. The number of allylic oxidation sites excluding steroid dienone is 1. The van der Waals surface area contributed by atoms with Crippen LogP contribution in [0.1, 0.15) is 47.6 Å². The standard InChI is InChI=1S/C29H19F3N4O4S/c30-29(31,32)21-6-3-7-22(15-21)35-23-8-4-9-24(37)26(23)27(19-13-11-18(16-33)12-14-19)36(28(35)38)41(39,40)25-10-2-1-5-20(25)17-34/h1-3,5-7,10-15,27H,4,8-9H2. The molecule has 0 saturated heterocycles. The van der Waals surface area contributed by atoms with Gasteiger partial charge >= 0.3 is 12.2 Å². The van der Waals surface area contributed by atoms with E-state index in [1.807, 2.05) is 6.07 Å². The molecule has 1 aliphatic heterocycles. The van der Waals surface area contributed by atoms with E-state index in [2.05, 4.69) is 0 Å². The van der Waals surface area contributed by atoms with Gasteiger partial charge in [0, 0.05) is 17.7 Å². The van der Waals surface area contributed by atoms with Crippen LogP contribution in [0.5, 0.6) is 0 Å². The molecule has 12 heteroatoms. The maximum absolute atomic E-state index is 14.3. The van der Waals surface area contributed by atoms with Crippen molar-refractivity contribution in [3.8, 4) is 12.1 Å². The quantitative estimate of drug-likeness (QED) is 0.385. The maximum Gasteiger partial charge on any atom is 0.416 e. The van der Waals surface area contributed by atoms with E-state index in [1.165, 1.54) is 48.5 Å². The van der Waals surface area contributed by atoms with Crippen LogP contribution in [0, 0.1) is 22.7 Å². The maximum atomic E-state index is 14.3. The molecule has 0 radical (unpaired) electrons. The molecule has 0 bridgehead atoms. The number of halogens is 3. The second-order valence-electron chi connectivity index (χ2n) is 9.35. The first-order valence-electron chi connectivity index (χ1n) is 12.3. The van der Waals surface area contributed by atoms with Crippen molar-refractivity contribution in [2.75, 3.05) is 4.90 Å². The number of hydrogen-bond donors (Lipinski definition) is 0. The number of anilines is 1. The summed E-state index contributed by atoms with van der Waals surface area (Å²) in [5.41, 5.74) is -1.11. The molecule has 1 aliphatic carbocycles. The minimum Gasteiger partial charge on any atom is -0.294 e. The molecule has 3 aromatic carbocycles. The van der Waals surface area contributed by atoms with Gasteiger partial charge in [0.05, 0.1) is 28.4 Å². The first kappa shape index (κ1) is 27.6. The third kappa shape index (κ3) is 4.72. The van der Waals surface area contributed by atoms with Gasteiger partial charge in [-0.05, 0) is 60.9 Å². The average molecular weight is 577 g/mol. The fourth-order valence-corrected chi connectivity index (χ4v) is 6.74. The van der Waals surface area contributed by atoms with Crippen LogP contribution in [0.3, 0.4) is 0 Å². The predicted molar refractivity (Wildman–Crippen MR) is 139 cm³/mol. The SMILES string of the molecule is N#Cc1ccc(C2C3=C(CCCC3=O)N(c3cccc(C(F)(F)F)c3)C(=O)N2S(=O)(=O)c2ccccc2C#N)cc1. The molecular formula is C29H19F3N4O4S. The van der Waals surface area contributed by atoms with Gasteiger partial charge in [0.15, 0.2) is 5.78 Å². The lowest BCUT2D eigenvalue weighted by molar-refractivity contribution is -0.137. The van der Waals surface area contributed by atoms with Crippen molar-refractivity contribution in [3.63, 3.8) is 0 Å². The van der Waals surface area contributed by atoms with E-state index >= 15 is 0 Å². The van der Waals surface area contributed by atoms with E-state index in [-0.39, 0.29) is 46.5 Å². The zero-order valence-electron chi connectivity index (χ0n) is 21.1. The number of hydrogen-bond acceptors (Lipinski definition) is 6. The molecule has 5 rings (SSSR count). The van der Waals surface area contributed by atoms with Gasteiger partial charge in [-0.25, -0.2) is 17.5 Å². The lowest BCUT2D eigenvalue weighted by Crippen LogP contribution is -2.54. The van der Waals surface area contributed by atoms with Gasteiger partial charge in [-0.15, -0.1) is 0 Å². The molecule has 0 N–H and O–H groups in total. The summed E-state index contributed by atoms with van der Waals surface area (Å²) in [5.74, 6) is -0.473. The number of ketones is 1. The number of rotatable bonds is 4. The van der Waals surface area contributed by atoms with Crippen molar-refractivity contribution in [1.29, 1.82) is 10.5 Å². The van der Waals surface area contributed by atoms with Gasteiger partial charge in [-0.1, -0.05) is 30.3 Å². The number of carbonyl (C=O) groups is 2. The second kappa shape index (κ2) is 10.2. The average Bonchev–Trinajstić information content (AvgIpc) is 2.96. The van der Waals surface area contributed by atoms with Crippen LogP contribution in [-0.2, 0) is 21.0 Å². The molecule has 41 heavy (non-hydrogen) atoms. The highest BCUT2D eigenvalue weighted by molar-refractivity contribution is 7.89. The second-order valence-corrected chi connectivity index (χ2v) is 11.1. The van der Waals surface area contributed by atoms with Crippen molar-refractivity contribution in [2.45, 2.75) is 36.4 Å². The Morgan fingerprint density at radius 1 is 0.878 bits per heavy atom. The fourth-order valence-electron chi connectivity index (χ4n) is 5.09. The highest BCUT2D eigenvalue weighted by atomic mass is 32.2. The molecule has 2 aliphatic rings. The molecule has 2 amide bonds. The van der Waals surface area contributed by atoms with Crippen LogP contribution in [0.15, 0.2) is 89.0 Å². The number of alkyl halides is 3. The van der Waals surface area contributed by atoms with Crippen molar-refractivity contribution in [2.24, 2.45) is 0 Å². The Kier molecular flexibility index (Phi) is 6.89. The largest absolute Gasteiger partial charge is 0.416 e. The Labute approximate surface area is 233 Å². The number of Topliss-reactive ketones (excluding diaryl/α,β-unsaturated/α-hetero) is 1. The van der Waals surface area contributed by atoms with E-state index in [0.29, 0.717) is 10.7 Å². The molecule has 8 nitrogen and oxygen atoms in total. The summed E-state index contributed by atoms with van der Waals surface area (Å²) in [7, 11) is -4.87. The molecular weight excluding hydrogens is 557 g/mol. The Morgan fingerprint density at radius 2 is 1.59 bits per heavy atom. The van der Waals surface area contributed by atoms with Crippen LogP contribution in [0.4, 0.5) is 23.7 Å². The van der Waals surface area contributed by atoms with Crippen molar-refractivity contribution in [1.82, 2.24) is 4.31 Å². The minimum absolute atomic E-state index is 0.0267. The van der Waals surface area contributed by atoms with E-state index < -0.39 is 44.5 Å². The Morgan fingerprint density at radius 3 is 2.24 bits per heavy atom. The van der Waals surface area contributed by atoms with E-state index in [1.54, 1.807) is 6.07 Å². The predicted octanol–water partition coefficient (Wildman–Crippen LogP) is 5.83. The molecule has 0 aromatic heterocycles. The summed E-state index contributed by atoms with van der Waals surface area (Å²) in [6.07, 6.45) is -4.31. The van der Waals surface area contributed by atoms with Crippen LogP contribution in [0.25, 0.3) is 0 Å². The molecule has 1 atom stereocenters. The monoisotopic (exact) mass is 576 g/mol. The van der Waals surface area contributed by atoms with E-state index in [0.717, 1.165) is 29.2 Å². The van der Waals surface area contributed by atoms with Gasteiger partial charge in [0.2, 0.25) is 0 Å². The number of carbonyl (C=O) groups excluding carboxylic acids is 2. The lowest BCUT2D eigenvalue weighted by atomic mass is 9.84. The molecule has 206 valence electrons. The normalized spacial score (nSPS) is 17.6. The number of amides is 2. The van der Waals surface area contributed by atoms with Crippen molar-refractivity contribution >= 4 is 27.5 Å². The number of nitrogens with zero attached hydrogens (tertiary/aromatic N) is 4. The number of urea groups is 1. The van der Waals surface area contributed by atoms with E-state index in [4.69, 9.17) is 0 Å². The summed E-state index contributed by atoms with van der Waals surface area (Å²) in [6.45, 7) is 0. The lowest BCUT2D eigenvalue weighted by Gasteiger charge is -2.44. The first-order chi connectivity index (χ1) is 19.5. The highest BCUT2D eigenvalue weighted by Gasteiger charge is 2.50. The van der Waals surface area contributed by atoms with Crippen LogP contribution in [-0.4, -0.2) is 24.5 Å². The number of benzene rings is 3. The summed E-state index contributed by atoms with van der Waals surface area (Å²) in [4.78, 5) is 28.1. The zero-order chi connectivity index (χ0) is 29.5. The van der Waals surface area contributed by atoms with Crippen LogP contribution < -0.4 is 4.90 Å². The fraction of sp³-hybridized carbons (Fsp3) is 0.172. The molecule has 0 spiro atoms. The third-order valence-electron chi connectivity index (χ3n) is 6.92. The van der Waals surface area contributed by atoms with Crippen LogP contribution >= 0.6 is 0 Å². The topological polar surface area (TPSA) is 122 Å². The molecule has 3 aromatic rings. The third-order valence-corrected chi connectivity index (χ3v) is 8.71. The van der Waals surface area contributed by atoms with Gasteiger partial charge in [-0.3, -0.25) is 9.69 Å². The van der Waals surface area contributed by atoms with Crippen LogP contribution in [0.2, 0.25) is 0 Å². The number of nitriles is 2. The highest BCUT2D eigenvalue weighted by Crippen LogP contribution is 2.47.